The van der Waals surface area contributed by atoms with Crippen molar-refractivity contribution in [1.82, 2.24) is 4.90 Å². The number of nitrogens with zero attached hydrogens (tertiary/aromatic N) is 1. The number of fused-ring (bicyclic) bond motifs is 1. The van der Waals surface area contributed by atoms with Crippen molar-refractivity contribution in [2.45, 2.75) is 27.2 Å². The SMILES string of the molecule is CC.Cc1ccc2c(c1)C(=O)N(C)CCC(=O)N2.[HH]. The minimum Gasteiger partial charge on any atom is -0.341 e. The topological polar surface area (TPSA) is 49.4 Å². The molecule has 1 aromatic carbocycles. The van der Waals surface area contributed by atoms with Crippen molar-refractivity contribution in [2.24, 2.45) is 0 Å². The zero-order chi connectivity index (χ0) is 13.7. The molecule has 0 saturated carbocycles. The number of anilines is 1. The van der Waals surface area contributed by atoms with Crippen LogP contribution in [0.3, 0.4) is 0 Å². The van der Waals surface area contributed by atoms with Crippen molar-refractivity contribution >= 4 is 17.5 Å². The molecule has 0 spiro atoms. The summed E-state index contributed by atoms with van der Waals surface area (Å²) in [5.41, 5.74) is 2.18. The Labute approximate surface area is 109 Å². The fourth-order valence-corrected chi connectivity index (χ4v) is 1.73. The maximum absolute atomic E-state index is 12.0. The Morgan fingerprint density at radius 3 is 2.61 bits per heavy atom. The first kappa shape index (κ1) is 14.2. The highest BCUT2D eigenvalue weighted by molar-refractivity contribution is 6.05. The highest BCUT2D eigenvalue weighted by Crippen LogP contribution is 2.21. The maximum Gasteiger partial charge on any atom is 0.255 e. The summed E-state index contributed by atoms with van der Waals surface area (Å²) < 4.78 is 0. The van der Waals surface area contributed by atoms with Gasteiger partial charge in [0.25, 0.3) is 5.91 Å². The van der Waals surface area contributed by atoms with Crippen LogP contribution in [-0.2, 0) is 4.79 Å². The molecule has 0 aromatic heterocycles. The Hall–Kier alpha value is -1.84. The minimum atomic E-state index is -0.0514. The van der Waals surface area contributed by atoms with Gasteiger partial charge in [0.05, 0.1) is 11.3 Å². The van der Waals surface area contributed by atoms with Crippen LogP contribution < -0.4 is 5.32 Å². The quantitative estimate of drug-likeness (QED) is 0.769. The predicted molar refractivity (Wildman–Crippen MR) is 74.8 cm³/mol. The summed E-state index contributed by atoms with van der Waals surface area (Å²) in [7, 11) is 1.72. The van der Waals surface area contributed by atoms with E-state index in [9.17, 15) is 9.59 Å². The van der Waals surface area contributed by atoms with Crippen LogP contribution in [0.15, 0.2) is 18.2 Å². The smallest absolute Gasteiger partial charge is 0.255 e. The third-order valence-electron chi connectivity index (χ3n) is 2.70. The van der Waals surface area contributed by atoms with Crippen molar-refractivity contribution in [3.05, 3.63) is 29.3 Å². The van der Waals surface area contributed by atoms with E-state index in [0.717, 1.165) is 5.56 Å². The molecule has 1 aliphatic rings. The summed E-state index contributed by atoms with van der Waals surface area (Å²) in [4.78, 5) is 25.1. The fraction of sp³-hybridized carbons (Fsp3) is 0.429. The number of carbonyl (C=O) groups excluding carboxylic acids is 2. The molecular formula is C14H22N2O2. The zero-order valence-electron chi connectivity index (χ0n) is 11.4. The van der Waals surface area contributed by atoms with Crippen molar-refractivity contribution in [1.29, 1.82) is 0 Å². The molecule has 2 rings (SSSR count). The standard InChI is InChI=1S/C12H14N2O2.C2H6.H2/c1-8-3-4-10-9(7-8)12(16)14(2)6-5-11(15)13-10;1-2;/h3-4,7H,5-6H2,1-2H3,(H,13,15);1-2H3;1H. The molecule has 1 N–H and O–H groups in total. The number of benzene rings is 1. The van der Waals surface area contributed by atoms with E-state index in [1.54, 1.807) is 24.1 Å². The lowest BCUT2D eigenvalue weighted by atomic mass is 10.1. The van der Waals surface area contributed by atoms with Gasteiger partial charge in [-0.1, -0.05) is 25.5 Å². The first-order valence-electron chi connectivity index (χ1n) is 6.24. The van der Waals surface area contributed by atoms with E-state index in [4.69, 9.17) is 0 Å². The first-order valence-corrected chi connectivity index (χ1v) is 6.24. The van der Waals surface area contributed by atoms with Gasteiger partial charge in [0, 0.05) is 21.4 Å². The van der Waals surface area contributed by atoms with Crippen LogP contribution in [0.4, 0.5) is 5.69 Å². The summed E-state index contributed by atoms with van der Waals surface area (Å²) in [6.45, 7) is 6.38. The van der Waals surface area contributed by atoms with Crippen LogP contribution in [0, 0.1) is 6.92 Å². The fourth-order valence-electron chi connectivity index (χ4n) is 1.73. The van der Waals surface area contributed by atoms with E-state index in [1.807, 2.05) is 26.8 Å². The number of amides is 2. The van der Waals surface area contributed by atoms with E-state index in [2.05, 4.69) is 5.32 Å². The Morgan fingerprint density at radius 1 is 1.28 bits per heavy atom. The molecule has 4 nitrogen and oxygen atoms in total. The Morgan fingerprint density at radius 2 is 1.94 bits per heavy atom. The molecule has 0 unspecified atom stereocenters. The van der Waals surface area contributed by atoms with Crippen molar-refractivity contribution < 1.29 is 11.0 Å². The lowest BCUT2D eigenvalue weighted by Crippen LogP contribution is -2.33. The van der Waals surface area contributed by atoms with Gasteiger partial charge in [0.15, 0.2) is 0 Å². The van der Waals surface area contributed by atoms with Crippen molar-refractivity contribution in [2.75, 3.05) is 18.9 Å². The third-order valence-corrected chi connectivity index (χ3v) is 2.70. The van der Waals surface area contributed by atoms with Crippen LogP contribution in [0.25, 0.3) is 0 Å². The molecule has 100 valence electrons. The monoisotopic (exact) mass is 250 g/mol. The average Bonchev–Trinajstić information content (AvgIpc) is 2.38. The summed E-state index contributed by atoms with van der Waals surface area (Å²) in [6, 6.07) is 5.47. The number of hydrogen-bond acceptors (Lipinski definition) is 2. The van der Waals surface area contributed by atoms with Gasteiger partial charge >= 0.3 is 0 Å². The van der Waals surface area contributed by atoms with Crippen LogP contribution in [0.1, 0.15) is 37.6 Å². The lowest BCUT2D eigenvalue weighted by molar-refractivity contribution is -0.116. The maximum atomic E-state index is 12.0. The van der Waals surface area contributed by atoms with Crippen LogP contribution in [-0.4, -0.2) is 30.3 Å². The van der Waals surface area contributed by atoms with Crippen LogP contribution in [0.5, 0.6) is 0 Å². The molecule has 0 radical (unpaired) electrons. The molecule has 2 amide bonds. The highest BCUT2D eigenvalue weighted by atomic mass is 16.2. The Kier molecular flexibility index (Phi) is 4.89. The van der Waals surface area contributed by atoms with Gasteiger partial charge < -0.3 is 10.2 Å². The van der Waals surface area contributed by atoms with Crippen molar-refractivity contribution in [3.63, 3.8) is 0 Å². The molecule has 0 bridgehead atoms. The van der Waals surface area contributed by atoms with Gasteiger partial charge in [0.2, 0.25) is 5.91 Å². The van der Waals surface area contributed by atoms with Gasteiger partial charge in [-0.05, 0) is 19.1 Å². The molecule has 1 heterocycles. The van der Waals surface area contributed by atoms with Gasteiger partial charge in [-0.3, -0.25) is 9.59 Å². The van der Waals surface area contributed by atoms with E-state index < -0.39 is 0 Å². The van der Waals surface area contributed by atoms with Gasteiger partial charge in [-0.2, -0.15) is 0 Å². The highest BCUT2D eigenvalue weighted by Gasteiger charge is 2.20. The second-order valence-electron chi connectivity index (χ2n) is 4.07. The predicted octanol–water partition coefficient (Wildman–Crippen LogP) is 2.68. The molecule has 0 atom stereocenters. The van der Waals surface area contributed by atoms with Crippen molar-refractivity contribution in [3.8, 4) is 0 Å². The molecule has 1 aromatic rings. The molecule has 0 saturated heterocycles. The Balaban J connectivity index is 0.00000103. The van der Waals surface area contributed by atoms with E-state index in [1.165, 1.54) is 0 Å². The molecule has 4 heteroatoms. The Bertz CT molecular complexity index is 461. The number of carbonyl (C=O) groups is 2. The second kappa shape index (κ2) is 6.19. The largest absolute Gasteiger partial charge is 0.341 e. The lowest BCUT2D eigenvalue weighted by Gasteiger charge is -2.22. The van der Waals surface area contributed by atoms with E-state index in [0.29, 0.717) is 24.2 Å². The molecule has 0 aliphatic carbocycles. The number of nitrogens with one attached hydrogen (secondary N) is 1. The summed E-state index contributed by atoms with van der Waals surface area (Å²) in [5.74, 6) is -0.0943. The molecular weight excluding hydrogens is 228 g/mol. The van der Waals surface area contributed by atoms with Gasteiger partial charge in [-0.25, -0.2) is 0 Å². The minimum absolute atomic E-state index is 0. The zero-order valence-corrected chi connectivity index (χ0v) is 11.4. The molecule has 18 heavy (non-hydrogen) atoms. The van der Waals surface area contributed by atoms with Gasteiger partial charge in [0.1, 0.15) is 0 Å². The summed E-state index contributed by atoms with van der Waals surface area (Å²) >= 11 is 0. The number of aryl methyl sites for hydroxylation is 1. The molecule has 1 aliphatic heterocycles. The summed E-state index contributed by atoms with van der Waals surface area (Å²) in [6.07, 6.45) is 0.343. The average molecular weight is 250 g/mol. The number of hydrogen-bond donors (Lipinski definition) is 1. The van der Waals surface area contributed by atoms with Gasteiger partial charge in [-0.15, -0.1) is 0 Å². The second-order valence-corrected chi connectivity index (χ2v) is 4.07. The van der Waals surface area contributed by atoms with Crippen LogP contribution in [0.2, 0.25) is 0 Å². The third kappa shape index (κ3) is 3.09. The first-order chi connectivity index (χ1) is 8.58. The summed E-state index contributed by atoms with van der Waals surface area (Å²) in [5, 5.41) is 2.75. The van der Waals surface area contributed by atoms with E-state index >= 15 is 0 Å². The van der Waals surface area contributed by atoms with Crippen LogP contribution >= 0.6 is 0 Å². The van der Waals surface area contributed by atoms with E-state index in [-0.39, 0.29) is 13.2 Å². The normalized spacial score (nSPS) is 14.8. The molecule has 0 fully saturated rings. The number of rotatable bonds is 0.